The summed E-state index contributed by atoms with van der Waals surface area (Å²) in [5.41, 5.74) is 0.744. The van der Waals surface area contributed by atoms with E-state index in [0.717, 1.165) is 37.4 Å². The van der Waals surface area contributed by atoms with Crippen LogP contribution in [0.15, 0.2) is 24.3 Å². The van der Waals surface area contributed by atoms with Gasteiger partial charge in [0.1, 0.15) is 5.75 Å². The minimum atomic E-state index is 0.127. The highest BCUT2D eigenvalue weighted by atomic mass is 16.5. The van der Waals surface area contributed by atoms with Gasteiger partial charge in [0.2, 0.25) is 0 Å². The summed E-state index contributed by atoms with van der Waals surface area (Å²) in [6.07, 6.45) is 1.09. The van der Waals surface area contributed by atoms with Crippen molar-refractivity contribution in [2.24, 2.45) is 5.92 Å². The zero-order chi connectivity index (χ0) is 13.7. The summed E-state index contributed by atoms with van der Waals surface area (Å²) in [7, 11) is 1.96. The number of carbonyl (C=O) groups is 1. The second-order valence-corrected chi connectivity index (χ2v) is 4.92. The summed E-state index contributed by atoms with van der Waals surface area (Å²) >= 11 is 0. The van der Waals surface area contributed by atoms with Crippen molar-refractivity contribution in [2.75, 3.05) is 33.3 Å². The molecule has 1 amide bonds. The molecule has 0 saturated carbocycles. The van der Waals surface area contributed by atoms with E-state index in [1.54, 1.807) is 0 Å². The van der Waals surface area contributed by atoms with E-state index in [4.69, 9.17) is 4.74 Å². The number of nitrogens with one attached hydrogen (secondary N) is 1. The highest BCUT2D eigenvalue weighted by molar-refractivity contribution is 5.94. The molecule has 0 aromatic heterocycles. The molecule has 0 unspecified atom stereocenters. The molecule has 4 nitrogen and oxygen atoms in total. The van der Waals surface area contributed by atoms with Crippen LogP contribution in [0.3, 0.4) is 0 Å². The molecule has 1 aromatic carbocycles. The van der Waals surface area contributed by atoms with Gasteiger partial charge >= 0.3 is 0 Å². The van der Waals surface area contributed by atoms with Gasteiger partial charge in [0.25, 0.3) is 5.91 Å². The van der Waals surface area contributed by atoms with Crippen molar-refractivity contribution in [1.82, 2.24) is 10.2 Å². The van der Waals surface area contributed by atoms with E-state index in [1.807, 2.05) is 43.1 Å². The molecule has 1 fully saturated rings. The van der Waals surface area contributed by atoms with Crippen LogP contribution in [0, 0.1) is 5.92 Å². The number of hydrogen-bond acceptors (Lipinski definition) is 3. The van der Waals surface area contributed by atoms with E-state index in [-0.39, 0.29) is 5.91 Å². The molecule has 2 rings (SSSR count). The first-order valence-electron chi connectivity index (χ1n) is 6.91. The van der Waals surface area contributed by atoms with Gasteiger partial charge in [0.05, 0.1) is 6.61 Å². The minimum Gasteiger partial charge on any atom is -0.494 e. The molecule has 0 spiro atoms. The number of amides is 1. The largest absolute Gasteiger partial charge is 0.494 e. The molecule has 1 N–H and O–H groups in total. The Kier molecular flexibility index (Phi) is 4.80. The molecule has 0 aliphatic carbocycles. The van der Waals surface area contributed by atoms with Gasteiger partial charge in [0.15, 0.2) is 0 Å². The zero-order valence-corrected chi connectivity index (χ0v) is 11.7. The predicted molar refractivity (Wildman–Crippen MR) is 75.5 cm³/mol. The molecule has 4 heteroatoms. The third-order valence-electron chi connectivity index (χ3n) is 3.48. The Morgan fingerprint density at radius 1 is 1.42 bits per heavy atom. The number of likely N-dealkylation sites (tertiary alicyclic amines) is 1. The molecule has 104 valence electrons. The van der Waals surface area contributed by atoms with Gasteiger partial charge in [-0.05, 0) is 57.1 Å². The highest BCUT2D eigenvalue weighted by Crippen LogP contribution is 2.19. The Balaban J connectivity index is 1.96. The van der Waals surface area contributed by atoms with E-state index >= 15 is 0 Å². The second-order valence-electron chi connectivity index (χ2n) is 4.92. The fraction of sp³-hybridized carbons (Fsp3) is 0.533. The fourth-order valence-corrected chi connectivity index (χ4v) is 2.52. The van der Waals surface area contributed by atoms with Gasteiger partial charge in [-0.25, -0.2) is 0 Å². The molecule has 1 aromatic rings. The van der Waals surface area contributed by atoms with E-state index in [1.165, 1.54) is 0 Å². The number of nitrogens with zero attached hydrogens (tertiary/aromatic N) is 1. The maximum Gasteiger partial charge on any atom is 0.253 e. The van der Waals surface area contributed by atoms with Gasteiger partial charge in [-0.1, -0.05) is 0 Å². The lowest BCUT2D eigenvalue weighted by Gasteiger charge is -2.16. The third-order valence-corrected chi connectivity index (χ3v) is 3.48. The molecule has 0 radical (unpaired) electrons. The van der Waals surface area contributed by atoms with Crippen molar-refractivity contribution in [3.05, 3.63) is 29.8 Å². The summed E-state index contributed by atoms with van der Waals surface area (Å²) in [6, 6.07) is 7.41. The number of hydrogen-bond donors (Lipinski definition) is 1. The topological polar surface area (TPSA) is 41.6 Å². The Bertz CT molecular complexity index is 417. The van der Waals surface area contributed by atoms with Crippen molar-refractivity contribution < 1.29 is 9.53 Å². The van der Waals surface area contributed by atoms with Crippen molar-refractivity contribution in [1.29, 1.82) is 0 Å². The van der Waals surface area contributed by atoms with Crippen LogP contribution in [0.5, 0.6) is 5.75 Å². The Hall–Kier alpha value is -1.55. The first kappa shape index (κ1) is 13.9. The molecular formula is C15H22N2O2. The van der Waals surface area contributed by atoms with Crippen LogP contribution in [0.25, 0.3) is 0 Å². The first-order chi connectivity index (χ1) is 9.24. The van der Waals surface area contributed by atoms with Gasteiger partial charge in [-0.2, -0.15) is 0 Å². The predicted octanol–water partition coefficient (Wildman–Crippen LogP) is 1.77. The second kappa shape index (κ2) is 6.57. The van der Waals surface area contributed by atoms with Crippen LogP contribution in [0.1, 0.15) is 23.7 Å². The van der Waals surface area contributed by atoms with Crippen LogP contribution in [0.2, 0.25) is 0 Å². The van der Waals surface area contributed by atoms with Crippen LogP contribution >= 0.6 is 0 Å². The molecule has 0 bridgehead atoms. The average molecular weight is 262 g/mol. The van der Waals surface area contributed by atoms with E-state index < -0.39 is 0 Å². The highest BCUT2D eigenvalue weighted by Gasteiger charge is 2.26. The summed E-state index contributed by atoms with van der Waals surface area (Å²) in [6.45, 7) is 5.29. The number of ether oxygens (including phenoxy) is 1. The summed E-state index contributed by atoms with van der Waals surface area (Å²) in [4.78, 5) is 14.3. The lowest BCUT2D eigenvalue weighted by atomic mass is 10.1. The quantitative estimate of drug-likeness (QED) is 0.879. The molecular weight excluding hydrogens is 240 g/mol. The third kappa shape index (κ3) is 3.47. The smallest absolute Gasteiger partial charge is 0.253 e. The van der Waals surface area contributed by atoms with E-state index in [9.17, 15) is 4.79 Å². The van der Waals surface area contributed by atoms with Crippen LogP contribution < -0.4 is 10.1 Å². The molecule has 1 saturated heterocycles. The maximum absolute atomic E-state index is 12.3. The lowest BCUT2D eigenvalue weighted by Crippen LogP contribution is -2.30. The van der Waals surface area contributed by atoms with Crippen LogP contribution in [0.4, 0.5) is 0 Å². The van der Waals surface area contributed by atoms with Crippen molar-refractivity contribution >= 4 is 5.91 Å². The van der Waals surface area contributed by atoms with Crippen LogP contribution in [-0.4, -0.2) is 44.1 Å². The van der Waals surface area contributed by atoms with E-state index in [2.05, 4.69) is 5.32 Å². The first-order valence-corrected chi connectivity index (χ1v) is 6.91. The Morgan fingerprint density at radius 3 is 2.79 bits per heavy atom. The van der Waals surface area contributed by atoms with E-state index in [0.29, 0.717) is 12.5 Å². The Morgan fingerprint density at radius 2 is 2.16 bits per heavy atom. The minimum absolute atomic E-state index is 0.127. The lowest BCUT2D eigenvalue weighted by molar-refractivity contribution is 0.0787. The normalized spacial score (nSPS) is 18.6. The SMILES string of the molecule is CCOc1ccc(C(=O)N2CC[C@@H](CNC)C2)cc1. The molecule has 1 heterocycles. The monoisotopic (exact) mass is 262 g/mol. The summed E-state index contributed by atoms with van der Waals surface area (Å²) < 4.78 is 5.38. The Labute approximate surface area is 114 Å². The summed E-state index contributed by atoms with van der Waals surface area (Å²) in [5, 5.41) is 3.18. The standard InChI is InChI=1S/C15H22N2O2/c1-3-19-14-6-4-13(5-7-14)15(18)17-9-8-12(11-17)10-16-2/h4-7,12,16H,3,8-11H2,1-2H3/t12-/m0/s1. The summed E-state index contributed by atoms with van der Waals surface area (Å²) in [5.74, 6) is 1.52. The van der Waals surface area contributed by atoms with Crippen LogP contribution in [-0.2, 0) is 0 Å². The number of benzene rings is 1. The van der Waals surface area contributed by atoms with Crippen molar-refractivity contribution in [3.63, 3.8) is 0 Å². The number of carbonyl (C=O) groups excluding carboxylic acids is 1. The van der Waals surface area contributed by atoms with Gasteiger partial charge in [-0.3, -0.25) is 4.79 Å². The molecule has 19 heavy (non-hydrogen) atoms. The molecule has 1 aliphatic heterocycles. The zero-order valence-electron chi connectivity index (χ0n) is 11.7. The van der Waals surface area contributed by atoms with Gasteiger partial charge < -0.3 is 15.0 Å². The fourth-order valence-electron chi connectivity index (χ4n) is 2.52. The molecule has 1 aliphatic rings. The maximum atomic E-state index is 12.3. The molecule has 1 atom stereocenters. The number of rotatable bonds is 5. The van der Waals surface area contributed by atoms with Crippen molar-refractivity contribution in [3.8, 4) is 5.75 Å². The van der Waals surface area contributed by atoms with Crippen molar-refractivity contribution in [2.45, 2.75) is 13.3 Å². The van der Waals surface area contributed by atoms with Gasteiger partial charge in [0, 0.05) is 18.7 Å². The average Bonchev–Trinajstić information content (AvgIpc) is 2.88. The van der Waals surface area contributed by atoms with Gasteiger partial charge in [-0.15, -0.1) is 0 Å².